The molecule has 2 N–H and O–H groups in total. The van der Waals surface area contributed by atoms with Gasteiger partial charge < -0.3 is 15.2 Å². The molecule has 1 aromatic heterocycles. The van der Waals surface area contributed by atoms with Gasteiger partial charge in [-0.25, -0.2) is 9.78 Å². The van der Waals surface area contributed by atoms with Gasteiger partial charge in [0.25, 0.3) is 0 Å². The maximum absolute atomic E-state index is 10.8. The van der Waals surface area contributed by atoms with Gasteiger partial charge in [-0.05, 0) is 24.3 Å². The predicted octanol–water partition coefficient (Wildman–Crippen LogP) is 2.53. The molecular formula is C13H12N2O3. The topological polar surface area (TPSA) is 71.5 Å². The smallest absolute Gasteiger partial charge is 0.354 e. The van der Waals surface area contributed by atoms with E-state index in [1.54, 1.807) is 19.2 Å². The molecule has 0 aliphatic heterocycles. The van der Waals surface area contributed by atoms with Crippen LogP contribution < -0.4 is 10.1 Å². The van der Waals surface area contributed by atoms with E-state index in [1.807, 2.05) is 24.3 Å². The SMILES string of the molecule is COc1ccccc1Nc1cccc(C(=O)O)n1. The first-order valence-corrected chi connectivity index (χ1v) is 5.31. The number of anilines is 2. The quantitative estimate of drug-likeness (QED) is 0.864. The molecule has 0 unspecified atom stereocenters. The Bertz CT molecular complexity index is 570. The molecule has 0 aliphatic rings. The van der Waals surface area contributed by atoms with E-state index in [2.05, 4.69) is 10.3 Å². The van der Waals surface area contributed by atoms with Crippen LogP contribution in [0, 0.1) is 0 Å². The van der Waals surface area contributed by atoms with Crippen LogP contribution in [0.2, 0.25) is 0 Å². The zero-order valence-electron chi connectivity index (χ0n) is 9.75. The molecular weight excluding hydrogens is 232 g/mol. The van der Waals surface area contributed by atoms with Crippen LogP contribution in [0.5, 0.6) is 5.75 Å². The van der Waals surface area contributed by atoms with Crippen molar-refractivity contribution < 1.29 is 14.6 Å². The zero-order chi connectivity index (χ0) is 13.0. The fraction of sp³-hybridized carbons (Fsp3) is 0.0769. The summed E-state index contributed by atoms with van der Waals surface area (Å²) < 4.78 is 5.19. The number of hydrogen-bond acceptors (Lipinski definition) is 4. The minimum atomic E-state index is -1.06. The van der Waals surface area contributed by atoms with E-state index in [4.69, 9.17) is 9.84 Å². The predicted molar refractivity (Wildman–Crippen MR) is 67.5 cm³/mol. The number of methoxy groups -OCH3 is 1. The van der Waals surface area contributed by atoms with E-state index < -0.39 is 5.97 Å². The highest BCUT2D eigenvalue weighted by molar-refractivity contribution is 5.86. The number of hydrogen-bond donors (Lipinski definition) is 2. The first-order chi connectivity index (χ1) is 8.70. The molecule has 2 aromatic rings. The lowest BCUT2D eigenvalue weighted by Crippen LogP contribution is -2.03. The van der Waals surface area contributed by atoms with Crippen molar-refractivity contribution in [2.75, 3.05) is 12.4 Å². The number of aromatic nitrogens is 1. The number of aromatic carboxylic acids is 1. The van der Waals surface area contributed by atoms with Crippen LogP contribution in [0.25, 0.3) is 0 Å². The Hall–Kier alpha value is -2.56. The van der Waals surface area contributed by atoms with Crippen molar-refractivity contribution >= 4 is 17.5 Å². The number of nitrogens with zero attached hydrogens (tertiary/aromatic N) is 1. The molecule has 0 saturated heterocycles. The number of carboxylic acid groups (broad SMARTS) is 1. The fourth-order valence-electron chi connectivity index (χ4n) is 1.51. The first kappa shape index (κ1) is 11.9. The minimum absolute atomic E-state index is 0.00472. The summed E-state index contributed by atoms with van der Waals surface area (Å²) in [4.78, 5) is 14.8. The Kier molecular flexibility index (Phi) is 3.43. The van der Waals surface area contributed by atoms with E-state index in [0.717, 1.165) is 5.69 Å². The summed E-state index contributed by atoms with van der Waals surface area (Å²) in [7, 11) is 1.57. The molecule has 5 heteroatoms. The molecule has 18 heavy (non-hydrogen) atoms. The van der Waals surface area contributed by atoms with Gasteiger partial charge in [-0.2, -0.15) is 0 Å². The van der Waals surface area contributed by atoms with Gasteiger partial charge >= 0.3 is 5.97 Å². The summed E-state index contributed by atoms with van der Waals surface area (Å²) >= 11 is 0. The van der Waals surface area contributed by atoms with Crippen molar-refractivity contribution in [2.45, 2.75) is 0 Å². The molecule has 0 radical (unpaired) electrons. The van der Waals surface area contributed by atoms with Crippen LogP contribution in [0.3, 0.4) is 0 Å². The highest BCUT2D eigenvalue weighted by Gasteiger charge is 2.06. The molecule has 2 rings (SSSR count). The van der Waals surface area contributed by atoms with E-state index in [0.29, 0.717) is 11.6 Å². The molecule has 92 valence electrons. The number of pyridine rings is 1. The highest BCUT2D eigenvalue weighted by atomic mass is 16.5. The molecule has 1 aromatic carbocycles. The van der Waals surface area contributed by atoms with E-state index in [-0.39, 0.29) is 5.69 Å². The van der Waals surface area contributed by atoms with Crippen LogP contribution in [0.4, 0.5) is 11.5 Å². The second-order valence-electron chi connectivity index (χ2n) is 3.54. The fourth-order valence-corrected chi connectivity index (χ4v) is 1.51. The maximum Gasteiger partial charge on any atom is 0.354 e. The Labute approximate surface area is 104 Å². The van der Waals surface area contributed by atoms with Crippen molar-refractivity contribution in [2.24, 2.45) is 0 Å². The number of ether oxygens (including phenoxy) is 1. The third-order valence-corrected chi connectivity index (χ3v) is 2.34. The van der Waals surface area contributed by atoms with Gasteiger partial charge in [0.15, 0.2) is 5.69 Å². The lowest BCUT2D eigenvalue weighted by molar-refractivity contribution is 0.0690. The summed E-state index contributed by atoms with van der Waals surface area (Å²) in [6.07, 6.45) is 0. The van der Waals surface area contributed by atoms with Crippen LogP contribution in [-0.2, 0) is 0 Å². The van der Waals surface area contributed by atoms with Gasteiger partial charge in [-0.15, -0.1) is 0 Å². The molecule has 0 atom stereocenters. The van der Waals surface area contributed by atoms with Crippen molar-refractivity contribution in [1.82, 2.24) is 4.98 Å². The Morgan fingerprint density at radius 3 is 2.72 bits per heavy atom. The monoisotopic (exact) mass is 244 g/mol. The average molecular weight is 244 g/mol. The normalized spacial score (nSPS) is 9.83. The first-order valence-electron chi connectivity index (χ1n) is 5.31. The minimum Gasteiger partial charge on any atom is -0.495 e. The highest BCUT2D eigenvalue weighted by Crippen LogP contribution is 2.26. The Morgan fingerprint density at radius 1 is 1.22 bits per heavy atom. The third-order valence-electron chi connectivity index (χ3n) is 2.34. The van der Waals surface area contributed by atoms with E-state index >= 15 is 0 Å². The standard InChI is InChI=1S/C13H12N2O3/c1-18-11-7-3-2-5-9(11)14-12-8-4-6-10(15-12)13(16)17/h2-8H,1H3,(H,14,15)(H,16,17). The maximum atomic E-state index is 10.8. The molecule has 1 heterocycles. The van der Waals surface area contributed by atoms with Gasteiger partial charge in [0.05, 0.1) is 12.8 Å². The Balaban J connectivity index is 2.28. The molecule has 0 saturated carbocycles. The van der Waals surface area contributed by atoms with Gasteiger partial charge in [-0.3, -0.25) is 0 Å². The number of carboxylic acids is 1. The molecule has 0 fully saturated rings. The van der Waals surface area contributed by atoms with Gasteiger partial charge in [0, 0.05) is 0 Å². The number of carbonyl (C=O) groups is 1. The molecule has 0 aliphatic carbocycles. The average Bonchev–Trinajstić information content (AvgIpc) is 2.39. The molecule has 0 amide bonds. The number of benzene rings is 1. The van der Waals surface area contributed by atoms with Gasteiger partial charge in [0.1, 0.15) is 11.6 Å². The summed E-state index contributed by atoms with van der Waals surface area (Å²) in [6.45, 7) is 0. The van der Waals surface area contributed by atoms with Crippen LogP contribution in [0.15, 0.2) is 42.5 Å². The number of rotatable bonds is 4. The molecule has 0 bridgehead atoms. The van der Waals surface area contributed by atoms with Crippen molar-refractivity contribution in [1.29, 1.82) is 0 Å². The second-order valence-corrected chi connectivity index (χ2v) is 3.54. The van der Waals surface area contributed by atoms with Crippen LogP contribution in [-0.4, -0.2) is 23.2 Å². The summed E-state index contributed by atoms with van der Waals surface area (Å²) in [5.41, 5.74) is 0.727. The lowest BCUT2D eigenvalue weighted by atomic mass is 10.3. The van der Waals surface area contributed by atoms with Crippen molar-refractivity contribution in [3.05, 3.63) is 48.2 Å². The summed E-state index contributed by atoms with van der Waals surface area (Å²) in [6, 6.07) is 12.1. The number of para-hydroxylation sites is 2. The number of nitrogens with one attached hydrogen (secondary N) is 1. The van der Waals surface area contributed by atoms with E-state index in [9.17, 15) is 4.79 Å². The van der Waals surface area contributed by atoms with Crippen molar-refractivity contribution in [3.63, 3.8) is 0 Å². The molecule has 5 nitrogen and oxygen atoms in total. The van der Waals surface area contributed by atoms with Gasteiger partial charge in [-0.1, -0.05) is 18.2 Å². The Morgan fingerprint density at radius 2 is 2.00 bits per heavy atom. The van der Waals surface area contributed by atoms with E-state index in [1.165, 1.54) is 6.07 Å². The largest absolute Gasteiger partial charge is 0.495 e. The third kappa shape index (κ3) is 2.57. The van der Waals surface area contributed by atoms with Gasteiger partial charge in [0.2, 0.25) is 0 Å². The summed E-state index contributed by atoms with van der Waals surface area (Å²) in [5, 5.41) is 11.9. The molecule has 0 spiro atoms. The second kappa shape index (κ2) is 5.18. The van der Waals surface area contributed by atoms with Crippen molar-refractivity contribution in [3.8, 4) is 5.75 Å². The van der Waals surface area contributed by atoms with Crippen LogP contribution in [0.1, 0.15) is 10.5 Å². The lowest BCUT2D eigenvalue weighted by Gasteiger charge is -2.10. The summed E-state index contributed by atoms with van der Waals surface area (Å²) in [5.74, 6) is 0.0677. The van der Waals surface area contributed by atoms with Crippen LogP contribution >= 0.6 is 0 Å². The zero-order valence-corrected chi connectivity index (χ0v) is 9.75.